The maximum absolute atomic E-state index is 13.2. The zero-order valence-corrected chi connectivity index (χ0v) is 15.6. The molecular weight excluding hydrogens is 328 g/mol. The van der Waals surface area contributed by atoms with Gasteiger partial charge in [-0.2, -0.15) is 0 Å². The number of amides is 1. The molecule has 1 aromatic carbocycles. The first kappa shape index (κ1) is 18.2. The van der Waals surface area contributed by atoms with Crippen LogP contribution in [-0.4, -0.2) is 34.4 Å². The molecule has 0 saturated carbocycles. The largest absolute Gasteiger partial charge is 0.497 e. The third kappa shape index (κ3) is 3.79. The number of hydrogen-bond donors (Lipinski definition) is 1. The molecule has 0 unspecified atom stereocenters. The van der Waals surface area contributed by atoms with E-state index in [9.17, 15) is 4.79 Å². The Morgan fingerprint density at radius 3 is 2.81 bits per heavy atom. The minimum absolute atomic E-state index is 0.0186. The van der Waals surface area contributed by atoms with Gasteiger partial charge in [-0.25, -0.2) is 9.97 Å². The summed E-state index contributed by atoms with van der Waals surface area (Å²) in [7, 11) is 1.65. The molecule has 0 aliphatic carbocycles. The van der Waals surface area contributed by atoms with E-state index < -0.39 is 0 Å². The quantitative estimate of drug-likeness (QED) is 0.908. The number of hydrogen-bond acceptors (Lipinski definition) is 5. The number of rotatable bonds is 4. The summed E-state index contributed by atoms with van der Waals surface area (Å²) in [5.41, 5.74) is 8.08. The number of nitrogens with two attached hydrogens (primary N) is 1. The fraction of sp³-hybridized carbons (Fsp3) is 0.450. The van der Waals surface area contributed by atoms with Gasteiger partial charge in [0, 0.05) is 12.2 Å². The molecule has 1 atom stereocenters. The summed E-state index contributed by atoms with van der Waals surface area (Å²) >= 11 is 0. The number of aromatic nitrogens is 2. The Hall–Kier alpha value is -2.63. The van der Waals surface area contributed by atoms with Gasteiger partial charge in [-0.3, -0.25) is 4.79 Å². The lowest BCUT2D eigenvalue weighted by atomic mass is 9.94. The zero-order valence-electron chi connectivity index (χ0n) is 15.6. The fourth-order valence-corrected chi connectivity index (χ4v) is 3.41. The molecule has 0 spiro atoms. The minimum atomic E-state index is -0.0893. The van der Waals surface area contributed by atoms with E-state index in [0.717, 1.165) is 36.3 Å². The maximum atomic E-state index is 13.2. The van der Waals surface area contributed by atoms with E-state index in [1.54, 1.807) is 13.2 Å². The van der Waals surface area contributed by atoms with Crippen LogP contribution in [0.3, 0.4) is 0 Å². The smallest absolute Gasteiger partial charge is 0.273 e. The molecule has 1 aliphatic heterocycles. The number of carbonyl (C=O) groups is 1. The van der Waals surface area contributed by atoms with Gasteiger partial charge < -0.3 is 15.4 Å². The van der Waals surface area contributed by atoms with Crippen LogP contribution < -0.4 is 10.5 Å². The summed E-state index contributed by atoms with van der Waals surface area (Å²) in [6.07, 6.45) is 3.01. The van der Waals surface area contributed by atoms with Gasteiger partial charge in [-0.1, -0.05) is 26.0 Å². The van der Waals surface area contributed by atoms with Gasteiger partial charge in [0.15, 0.2) is 0 Å². The van der Waals surface area contributed by atoms with Crippen molar-refractivity contribution in [1.82, 2.24) is 14.9 Å². The molecule has 6 nitrogen and oxygen atoms in total. The second kappa shape index (κ2) is 7.72. The molecule has 2 N–H and O–H groups in total. The number of likely N-dealkylation sites (tertiary alicyclic amines) is 1. The molecule has 3 rings (SSSR count). The number of methoxy groups -OCH3 is 1. The number of anilines is 1. The normalized spacial score (nSPS) is 17.4. The second-order valence-electron chi connectivity index (χ2n) is 6.98. The van der Waals surface area contributed by atoms with Crippen molar-refractivity contribution in [2.45, 2.75) is 45.1 Å². The van der Waals surface area contributed by atoms with Gasteiger partial charge in [-0.05, 0) is 48.9 Å². The summed E-state index contributed by atoms with van der Waals surface area (Å²) in [4.78, 5) is 23.6. The van der Waals surface area contributed by atoms with E-state index in [4.69, 9.17) is 10.5 Å². The van der Waals surface area contributed by atoms with Gasteiger partial charge in [0.2, 0.25) is 5.95 Å². The predicted molar refractivity (Wildman–Crippen MR) is 101 cm³/mol. The number of benzene rings is 1. The van der Waals surface area contributed by atoms with Crippen LogP contribution in [0.2, 0.25) is 0 Å². The van der Waals surface area contributed by atoms with Crippen molar-refractivity contribution >= 4 is 11.9 Å². The van der Waals surface area contributed by atoms with E-state index in [0.29, 0.717) is 12.2 Å². The lowest BCUT2D eigenvalue weighted by Crippen LogP contribution is -2.39. The van der Waals surface area contributed by atoms with Crippen LogP contribution in [0.1, 0.15) is 66.8 Å². The van der Waals surface area contributed by atoms with Crippen molar-refractivity contribution in [3.8, 4) is 5.75 Å². The number of ether oxygens (including phenoxy) is 1. The molecule has 138 valence electrons. The third-order valence-corrected chi connectivity index (χ3v) is 4.82. The third-order valence-electron chi connectivity index (χ3n) is 4.82. The van der Waals surface area contributed by atoms with Crippen LogP contribution in [0, 0.1) is 0 Å². The highest BCUT2D eigenvalue weighted by atomic mass is 16.5. The van der Waals surface area contributed by atoms with Crippen molar-refractivity contribution in [2.75, 3.05) is 19.4 Å². The Labute approximate surface area is 154 Å². The Morgan fingerprint density at radius 2 is 2.08 bits per heavy atom. The Morgan fingerprint density at radius 1 is 1.27 bits per heavy atom. The van der Waals surface area contributed by atoms with Crippen molar-refractivity contribution in [3.05, 3.63) is 47.3 Å². The van der Waals surface area contributed by atoms with Crippen molar-refractivity contribution in [2.24, 2.45) is 0 Å². The van der Waals surface area contributed by atoms with Crippen LogP contribution >= 0.6 is 0 Å². The van der Waals surface area contributed by atoms with E-state index in [2.05, 4.69) is 9.97 Å². The SMILES string of the molecule is COc1cccc([C@H]2CCCCN2C(=O)c2cc(C(C)C)nc(N)n2)c1. The summed E-state index contributed by atoms with van der Waals surface area (Å²) in [6.45, 7) is 4.76. The first-order valence-corrected chi connectivity index (χ1v) is 9.09. The average molecular weight is 354 g/mol. The van der Waals surface area contributed by atoms with E-state index in [-0.39, 0.29) is 23.8 Å². The van der Waals surface area contributed by atoms with Crippen molar-refractivity contribution < 1.29 is 9.53 Å². The zero-order chi connectivity index (χ0) is 18.7. The number of piperidine rings is 1. The highest BCUT2D eigenvalue weighted by Gasteiger charge is 2.30. The van der Waals surface area contributed by atoms with Gasteiger partial charge in [-0.15, -0.1) is 0 Å². The van der Waals surface area contributed by atoms with Crippen LogP contribution in [0.15, 0.2) is 30.3 Å². The van der Waals surface area contributed by atoms with Gasteiger partial charge >= 0.3 is 0 Å². The molecule has 0 radical (unpaired) electrons. The minimum Gasteiger partial charge on any atom is -0.497 e. The predicted octanol–water partition coefficient (Wildman–Crippen LogP) is 3.56. The average Bonchev–Trinajstić information content (AvgIpc) is 2.67. The lowest BCUT2D eigenvalue weighted by molar-refractivity contribution is 0.0605. The molecule has 1 aromatic heterocycles. The number of nitrogen functional groups attached to an aromatic ring is 1. The standard InChI is InChI=1S/C20H26N4O2/c1-13(2)16-12-17(23-20(21)22-16)19(25)24-10-5-4-9-18(24)14-7-6-8-15(11-14)26-3/h6-8,11-13,18H,4-5,9-10H2,1-3H3,(H2,21,22,23)/t18-/m1/s1. The van der Waals surface area contributed by atoms with Gasteiger partial charge in [0.1, 0.15) is 11.4 Å². The molecule has 1 aliphatic rings. The molecule has 1 fully saturated rings. The molecule has 2 heterocycles. The molecule has 6 heteroatoms. The molecule has 26 heavy (non-hydrogen) atoms. The van der Waals surface area contributed by atoms with Crippen LogP contribution in [0.5, 0.6) is 5.75 Å². The molecule has 2 aromatic rings. The topological polar surface area (TPSA) is 81.3 Å². The monoisotopic (exact) mass is 354 g/mol. The first-order chi connectivity index (χ1) is 12.5. The maximum Gasteiger partial charge on any atom is 0.273 e. The summed E-state index contributed by atoms with van der Waals surface area (Å²) < 4.78 is 5.34. The Bertz CT molecular complexity index is 791. The van der Waals surface area contributed by atoms with Gasteiger partial charge in [0.05, 0.1) is 13.2 Å². The Balaban J connectivity index is 1.93. The lowest BCUT2D eigenvalue weighted by Gasteiger charge is -2.36. The highest BCUT2D eigenvalue weighted by Crippen LogP contribution is 2.33. The van der Waals surface area contributed by atoms with Gasteiger partial charge in [0.25, 0.3) is 5.91 Å². The van der Waals surface area contributed by atoms with Crippen molar-refractivity contribution in [3.63, 3.8) is 0 Å². The van der Waals surface area contributed by atoms with Crippen LogP contribution in [-0.2, 0) is 0 Å². The summed E-state index contributed by atoms with van der Waals surface area (Å²) in [6, 6.07) is 9.71. The molecule has 0 bridgehead atoms. The Kier molecular flexibility index (Phi) is 5.40. The fourth-order valence-electron chi connectivity index (χ4n) is 3.41. The van der Waals surface area contributed by atoms with E-state index >= 15 is 0 Å². The number of nitrogens with zero attached hydrogens (tertiary/aromatic N) is 3. The van der Waals surface area contributed by atoms with E-state index in [1.807, 2.05) is 43.0 Å². The van der Waals surface area contributed by atoms with E-state index in [1.165, 1.54) is 0 Å². The molecule has 1 saturated heterocycles. The highest BCUT2D eigenvalue weighted by molar-refractivity contribution is 5.93. The second-order valence-corrected chi connectivity index (χ2v) is 6.98. The number of carbonyl (C=O) groups excluding carboxylic acids is 1. The summed E-state index contributed by atoms with van der Waals surface area (Å²) in [5, 5.41) is 0. The summed E-state index contributed by atoms with van der Waals surface area (Å²) in [5.74, 6) is 1.04. The van der Waals surface area contributed by atoms with Crippen LogP contribution in [0.25, 0.3) is 0 Å². The van der Waals surface area contributed by atoms with Crippen LogP contribution in [0.4, 0.5) is 5.95 Å². The first-order valence-electron chi connectivity index (χ1n) is 9.09. The molecular formula is C20H26N4O2. The van der Waals surface area contributed by atoms with Crippen molar-refractivity contribution in [1.29, 1.82) is 0 Å². The molecule has 1 amide bonds.